The summed E-state index contributed by atoms with van der Waals surface area (Å²) in [5.74, 6) is 1.12. The molecule has 18 heavy (non-hydrogen) atoms. The average molecular weight is 259 g/mol. The average Bonchev–Trinajstić information content (AvgIpc) is 2.33. The topological polar surface area (TPSA) is 50.7 Å². The Morgan fingerprint density at radius 3 is 2.61 bits per heavy atom. The quantitative estimate of drug-likeness (QED) is 0.518. The predicted octanol–water partition coefficient (Wildman–Crippen LogP) is 2.12. The SMILES string of the molecule is CC(C)CONCC(O)COC1CCCCC1C. The Kier molecular flexibility index (Phi) is 7.82. The minimum atomic E-state index is -0.494. The molecule has 0 saturated heterocycles. The van der Waals surface area contributed by atoms with E-state index in [1.165, 1.54) is 19.3 Å². The van der Waals surface area contributed by atoms with Gasteiger partial charge in [0.15, 0.2) is 0 Å². The third kappa shape index (κ3) is 6.69. The molecule has 1 rings (SSSR count). The Balaban J connectivity index is 2.03. The summed E-state index contributed by atoms with van der Waals surface area (Å²) in [6.45, 7) is 7.89. The van der Waals surface area contributed by atoms with Crippen molar-refractivity contribution in [1.29, 1.82) is 0 Å². The highest BCUT2D eigenvalue weighted by atomic mass is 16.6. The third-order valence-electron chi connectivity index (χ3n) is 3.37. The molecule has 0 aromatic rings. The van der Waals surface area contributed by atoms with Gasteiger partial charge in [0.05, 0.1) is 25.4 Å². The number of hydrogen-bond acceptors (Lipinski definition) is 4. The smallest absolute Gasteiger partial charge is 0.0921 e. The minimum Gasteiger partial charge on any atom is -0.389 e. The van der Waals surface area contributed by atoms with Gasteiger partial charge >= 0.3 is 0 Å². The largest absolute Gasteiger partial charge is 0.389 e. The van der Waals surface area contributed by atoms with Crippen molar-refractivity contribution in [2.75, 3.05) is 19.8 Å². The Hall–Kier alpha value is -0.160. The first-order chi connectivity index (χ1) is 8.59. The van der Waals surface area contributed by atoms with Crippen LogP contribution in [-0.4, -0.2) is 37.1 Å². The molecule has 108 valence electrons. The molecule has 2 N–H and O–H groups in total. The first kappa shape index (κ1) is 15.9. The van der Waals surface area contributed by atoms with Crippen molar-refractivity contribution in [3.63, 3.8) is 0 Å². The second-order valence-electron chi connectivity index (χ2n) is 5.84. The van der Waals surface area contributed by atoms with Gasteiger partial charge in [-0.3, -0.25) is 0 Å². The normalized spacial score (nSPS) is 26.5. The van der Waals surface area contributed by atoms with Gasteiger partial charge in [-0.2, -0.15) is 5.48 Å². The maximum absolute atomic E-state index is 9.76. The van der Waals surface area contributed by atoms with Crippen LogP contribution in [-0.2, 0) is 9.57 Å². The number of nitrogens with one attached hydrogen (secondary N) is 1. The van der Waals surface area contributed by atoms with Gasteiger partial charge in [-0.05, 0) is 24.7 Å². The summed E-state index contributed by atoms with van der Waals surface area (Å²) in [5, 5.41) is 9.76. The second kappa shape index (κ2) is 8.86. The molecule has 1 fully saturated rings. The van der Waals surface area contributed by atoms with Crippen molar-refractivity contribution in [3.8, 4) is 0 Å². The number of hydroxylamine groups is 1. The number of ether oxygens (including phenoxy) is 1. The van der Waals surface area contributed by atoms with E-state index in [4.69, 9.17) is 9.57 Å². The molecule has 3 unspecified atom stereocenters. The van der Waals surface area contributed by atoms with Crippen LogP contribution >= 0.6 is 0 Å². The zero-order valence-corrected chi connectivity index (χ0v) is 12.0. The van der Waals surface area contributed by atoms with Gasteiger partial charge in [0, 0.05) is 6.54 Å². The fourth-order valence-corrected chi connectivity index (χ4v) is 2.20. The van der Waals surface area contributed by atoms with Gasteiger partial charge in [-0.1, -0.05) is 33.6 Å². The molecule has 4 nitrogen and oxygen atoms in total. The van der Waals surface area contributed by atoms with Crippen LogP contribution < -0.4 is 5.48 Å². The summed E-state index contributed by atoms with van der Waals surface area (Å²) in [6.07, 6.45) is 4.77. The van der Waals surface area contributed by atoms with Crippen LogP contribution in [0.15, 0.2) is 0 Å². The summed E-state index contributed by atoms with van der Waals surface area (Å²) < 4.78 is 5.79. The lowest BCUT2D eigenvalue weighted by atomic mass is 9.88. The zero-order chi connectivity index (χ0) is 13.4. The summed E-state index contributed by atoms with van der Waals surface area (Å²) in [4.78, 5) is 5.21. The fraction of sp³-hybridized carbons (Fsp3) is 1.00. The lowest BCUT2D eigenvalue weighted by Crippen LogP contribution is -2.34. The van der Waals surface area contributed by atoms with Gasteiger partial charge in [0.25, 0.3) is 0 Å². The third-order valence-corrected chi connectivity index (χ3v) is 3.37. The molecule has 3 atom stereocenters. The molecule has 0 radical (unpaired) electrons. The van der Waals surface area contributed by atoms with E-state index < -0.39 is 6.10 Å². The lowest BCUT2D eigenvalue weighted by molar-refractivity contribution is -0.0618. The number of rotatable bonds is 8. The monoisotopic (exact) mass is 259 g/mol. The van der Waals surface area contributed by atoms with Crippen molar-refractivity contribution >= 4 is 0 Å². The van der Waals surface area contributed by atoms with Crippen LogP contribution in [0.25, 0.3) is 0 Å². The maximum Gasteiger partial charge on any atom is 0.0921 e. The van der Waals surface area contributed by atoms with Gasteiger partial charge in [-0.25, -0.2) is 0 Å². The number of aliphatic hydroxyl groups excluding tert-OH is 1. The van der Waals surface area contributed by atoms with E-state index in [1.807, 2.05) is 0 Å². The van der Waals surface area contributed by atoms with Crippen LogP contribution in [0.5, 0.6) is 0 Å². The maximum atomic E-state index is 9.76. The van der Waals surface area contributed by atoms with E-state index in [2.05, 4.69) is 26.3 Å². The van der Waals surface area contributed by atoms with Gasteiger partial charge in [0.1, 0.15) is 0 Å². The fourth-order valence-electron chi connectivity index (χ4n) is 2.20. The molecule has 1 saturated carbocycles. The van der Waals surface area contributed by atoms with E-state index in [-0.39, 0.29) is 0 Å². The summed E-state index contributed by atoms with van der Waals surface area (Å²) in [6, 6.07) is 0. The van der Waals surface area contributed by atoms with E-state index in [0.717, 1.165) is 6.42 Å². The van der Waals surface area contributed by atoms with Gasteiger partial charge in [-0.15, -0.1) is 0 Å². The molecule has 0 spiro atoms. The molecule has 1 aliphatic rings. The highest BCUT2D eigenvalue weighted by molar-refractivity contribution is 4.73. The van der Waals surface area contributed by atoms with Crippen LogP contribution in [0, 0.1) is 11.8 Å². The van der Waals surface area contributed by atoms with E-state index in [9.17, 15) is 5.11 Å². The molecule has 0 aromatic heterocycles. The predicted molar refractivity (Wildman–Crippen MR) is 72.2 cm³/mol. The van der Waals surface area contributed by atoms with Crippen molar-refractivity contribution in [2.24, 2.45) is 11.8 Å². The molecule has 0 heterocycles. The number of aliphatic hydroxyl groups is 1. The van der Waals surface area contributed by atoms with Gasteiger partial charge < -0.3 is 14.7 Å². The van der Waals surface area contributed by atoms with Crippen LogP contribution in [0.2, 0.25) is 0 Å². The summed E-state index contributed by atoms with van der Waals surface area (Å²) in [5.41, 5.74) is 2.79. The molecule has 0 aromatic carbocycles. The summed E-state index contributed by atoms with van der Waals surface area (Å²) >= 11 is 0. The summed E-state index contributed by atoms with van der Waals surface area (Å²) in [7, 11) is 0. The first-order valence-electron chi connectivity index (χ1n) is 7.24. The molecular weight excluding hydrogens is 230 g/mol. The van der Waals surface area contributed by atoms with Crippen LogP contribution in [0.4, 0.5) is 0 Å². The van der Waals surface area contributed by atoms with E-state index in [0.29, 0.717) is 37.7 Å². The second-order valence-corrected chi connectivity index (χ2v) is 5.84. The Morgan fingerprint density at radius 2 is 1.94 bits per heavy atom. The first-order valence-corrected chi connectivity index (χ1v) is 7.24. The van der Waals surface area contributed by atoms with Crippen molar-refractivity contribution in [3.05, 3.63) is 0 Å². The van der Waals surface area contributed by atoms with Crippen molar-refractivity contribution in [2.45, 2.75) is 58.7 Å². The highest BCUT2D eigenvalue weighted by Gasteiger charge is 2.22. The number of hydrogen-bond donors (Lipinski definition) is 2. The standard InChI is InChI=1S/C14H29NO3/c1-11(2)9-18-15-8-13(16)10-17-14-7-5-4-6-12(14)3/h11-16H,4-10H2,1-3H3. The lowest BCUT2D eigenvalue weighted by Gasteiger charge is -2.29. The van der Waals surface area contributed by atoms with Crippen molar-refractivity contribution in [1.82, 2.24) is 5.48 Å². The van der Waals surface area contributed by atoms with Gasteiger partial charge in [0.2, 0.25) is 0 Å². The molecule has 0 aliphatic heterocycles. The minimum absolute atomic E-state index is 0.324. The van der Waals surface area contributed by atoms with E-state index in [1.54, 1.807) is 0 Å². The molecule has 0 amide bonds. The Labute approximate surface area is 111 Å². The molecule has 0 bridgehead atoms. The van der Waals surface area contributed by atoms with Crippen LogP contribution in [0.3, 0.4) is 0 Å². The molecule has 1 aliphatic carbocycles. The van der Waals surface area contributed by atoms with Crippen LogP contribution in [0.1, 0.15) is 46.5 Å². The Bertz CT molecular complexity index is 211. The molecule has 4 heteroatoms. The van der Waals surface area contributed by atoms with Crippen molar-refractivity contribution < 1.29 is 14.7 Å². The highest BCUT2D eigenvalue weighted by Crippen LogP contribution is 2.26. The Morgan fingerprint density at radius 1 is 1.22 bits per heavy atom. The zero-order valence-electron chi connectivity index (χ0n) is 12.0. The molecular formula is C14H29NO3. The van der Waals surface area contributed by atoms with E-state index >= 15 is 0 Å².